The van der Waals surface area contributed by atoms with Crippen LogP contribution in [-0.4, -0.2) is 23.0 Å². The number of methoxy groups -OCH3 is 1. The molecular weight excluding hydrogens is 200 g/mol. The first-order valence-electron chi connectivity index (χ1n) is 4.21. The molecule has 0 aliphatic heterocycles. The number of rotatable bonds is 3. The van der Waals surface area contributed by atoms with Gasteiger partial charge in [-0.05, 0) is 13.0 Å². The number of esters is 1. The fourth-order valence-electron chi connectivity index (χ4n) is 1.11. The molecule has 0 unspecified atom stereocenters. The minimum Gasteiger partial charge on any atom is -0.469 e. The summed E-state index contributed by atoms with van der Waals surface area (Å²) in [7, 11) is 1.28. The largest absolute Gasteiger partial charge is 0.469 e. The third kappa shape index (κ3) is 2.73. The summed E-state index contributed by atoms with van der Waals surface area (Å²) in [6, 6.07) is 1.51. The van der Waals surface area contributed by atoms with E-state index in [1.807, 2.05) is 0 Å². The highest BCUT2D eigenvalue weighted by Crippen LogP contribution is 2.16. The Bertz CT molecular complexity index is 403. The van der Waals surface area contributed by atoms with E-state index in [2.05, 4.69) is 9.72 Å². The summed E-state index contributed by atoms with van der Waals surface area (Å²) >= 11 is 0. The molecule has 1 aromatic heterocycles. The van der Waals surface area contributed by atoms with Crippen molar-refractivity contribution in [2.75, 3.05) is 7.11 Å². The van der Waals surface area contributed by atoms with Gasteiger partial charge in [-0.3, -0.25) is 19.9 Å². The van der Waals surface area contributed by atoms with Gasteiger partial charge in [0.15, 0.2) is 0 Å². The Balaban J connectivity index is 2.91. The lowest BCUT2D eigenvalue weighted by Crippen LogP contribution is -2.06. The van der Waals surface area contributed by atoms with Crippen molar-refractivity contribution in [1.29, 1.82) is 0 Å². The Hall–Kier alpha value is -1.98. The molecule has 0 atom stereocenters. The molecule has 0 saturated heterocycles. The maximum Gasteiger partial charge on any atom is 0.311 e. The fraction of sp³-hybridized carbons (Fsp3) is 0.333. The maximum atomic E-state index is 10.9. The monoisotopic (exact) mass is 210 g/mol. The number of nitro groups is 1. The Morgan fingerprint density at radius 1 is 1.67 bits per heavy atom. The molecule has 80 valence electrons. The molecule has 0 fully saturated rings. The molecule has 0 N–H and O–H groups in total. The van der Waals surface area contributed by atoms with E-state index < -0.39 is 10.9 Å². The van der Waals surface area contributed by atoms with Crippen LogP contribution in [0.25, 0.3) is 0 Å². The second-order valence-electron chi connectivity index (χ2n) is 2.97. The SMILES string of the molecule is COC(=O)Cc1cc(C)c([N+](=O)[O-])cn1. The van der Waals surface area contributed by atoms with Crippen molar-refractivity contribution in [1.82, 2.24) is 4.98 Å². The van der Waals surface area contributed by atoms with E-state index in [-0.39, 0.29) is 12.1 Å². The zero-order valence-electron chi connectivity index (χ0n) is 8.39. The summed E-state index contributed by atoms with van der Waals surface area (Å²) in [5.74, 6) is -0.421. The van der Waals surface area contributed by atoms with Crippen LogP contribution in [0.1, 0.15) is 11.3 Å². The molecule has 0 saturated carbocycles. The maximum absolute atomic E-state index is 10.9. The number of pyridine rings is 1. The van der Waals surface area contributed by atoms with E-state index >= 15 is 0 Å². The number of aromatic nitrogens is 1. The summed E-state index contributed by atoms with van der Waals surface area (Å²) in [5.41, 5.74) is 0.891. The van der Waals surface area contributed by atoms with Crippen molar-refractivity contribution >= 4 is 11.7 Å². The molecule has 1 rings (SSSR count). The second-order valence-corrected chi connectivity index (χ2v) is 2.97. The van der Waals surface area contributed by atoms with Crippen molar-refractivity contribution < 1.29 is 14.5 Å². The fourth-order valence-corrected chi connectivity index (χ4v) is 1.11. The van der Waals surface area contributed by atoms with E-state index in [1.165, 1.54) is 13.2 Å². The molecule has 6 heteroatoms. The smallest absolute Gasteiger partial charge is 0.311 e. The topological polar surface area (TPSA) is 82.3 Å². The molecule has 0 radical (unpaired) electrons. The molecule has 1 aromatic rings. The molecule has 0 aliphatic rings. The van der Waals surface area contributed by atoms with Gasteiger partial charge in [-0.2, -0.15) is 0 Å². The minimum absolute atomic E-state index is 0.0231. The highest BCUT2D eigenvalue weighted by Gasteiger charge is 2.12. The summed E-state index contributed by atoms with van der Waals surface area (Å²) < 4.78 is 4.46. The van der Waals surface area contributed by atoms with Crippen LogP contribution >= 0.6 is 0 Å². The van der Waals surface area contributed by atoms with Crippen molar-refractivity contribution in [3.05, 3.63) is 33.6 Å². The van der Waals surface area contributed by atoms with Gasteiger partial charge >= 0.3 is 5.97 Å². The first kappa shape index (κ1) is 11.1. The zero-order valence-corrected chi connectivity index (χ0v) is 8.39. The molecule has 0 bridgehead atoms. The van der Waals surface area contributed by atoms with Crippen LogP contribution in [0.5, 0.6) is 0 Å². The highest BCUT2D eigenvalue weighted by molar-refractivity contribution is 5.71. The van der Waals surface area contributed by atoms with Crippen LogP contribution in [0.2, 0.25) is 0 Å². The average Bonchev–Trinajstić information content (AvgIpc) is 2.17. The van der Waals surface area contributed by atoms with E-state index in [9.17, 15) is 14.9 Å². The molecule has 0 spiro atoms. The Morgan fingerprint density at radius 2 is 2.33 bits per heavy atom. The Kier molecular flexibility index (Phi) is 3.33. The van der Waals surface area contributed by atoms with Gasteiger partial charge in [0.2, 0.25) is 0 Å². The van der Waals surface area contributed by atoms with Gasteiger partial charge in [0, 0.05) is 5.56 Å². The lowest BCUT2D eigenvalue weighted by molar-refractivity contribution is -0.385. The Labute approximate surface area is 86.0 Å². The van der Waals surface area contributed by atoms with Gasteiger partial charge in [0.1, 0.15) is 6.20 Å². The number of nitrogens with zero attached hydrogens (tertiary/aromatic N) is 2. The molecule has 0 amide bonds. The molecule has 15 heavy (non-hydrogen) atoms. The zero-order chi connectivity index (χ0) is 11.4. The molecule has 0 aliphatic carbocycles. The second kappa shape index (κ2) is 4.50. The van der Waals surface area contributed by atoms with Crippen molar-refractivity contribution in [3.8, 4) is 0 Å². The predicted molar refractivity (Wildman–Crippen MR) is 51.3 cm³/mol. The van der Waals surface area contributed by atoms with Crippen molar-refractivity contribution in [2.24, 2.45) is 0 Å². The number of carbonyl (C=O) groups excluding carboxylic acids is 1. The van der Waals surface area contributed by atoms with Gasteiger partial charge in [-0.15, -0.1) is 0 Å². The summed E-state index contributed by atoms with van der Waals surface area (Å²) in [6.07, 6.45) is 1.17. The van der Waals surface area contributed by atoms with Crippen molar-refractivity contribution in [3.63, 3.8) is 0 Å². The first-order chi connectivity index (χ1) is 7.04. The molecule has 0 aromatic carbocycles. The van der Waals surface area contributed by atoms with Gasteiger partial charge in [0.05, 0.1) is 24.1 Å². The van der Waals surface area contributed by atoms with Gasteiger partial charge in [-0.1, -0.05) is 0 Å². The van der Waals surface area contributed by atoms with Gasteiger partial charge in [-0.25, -0.2) is 0 Å². The standard InChI is InChI=1S/C9H10N2O4/c1-6-3-7(4-9(12)15-2)10-5-8(6)11(13)14/h3,5H,4H2,1-2H3. The Morgan fingerprint density at radius 3 is 2.80 bits per heavy atom. The van der Waals surface area contributed by atoms with E-state index in [4.69, 9.17) is 0 Å². The van der Waals surface area contributed by atoms with Crippen molar-refractivity contribution in [2.45, 2.75) is 13.3 Å². The minimum atomic E-state index is -0.510. The van der Waals surface area contributed by atoms with Crippen LogP contribution in [0.3, 0.4) is 0 Å². The lowest BCUT2D eigenvalue weighted by Gasteiger charge is -2.01. The van der Waals surface area contributed by atoms with Crippen LogP contribution in [0, 0.1) is 17.0 Å². The van der Waals surface area contributed by atoms with E-state index in [1.54, 1.807) is 6.92 Å². The number of ether oxygens (including phenoxy) is 1. The quantitative estimate of drug-likeness (QED) is 0.422. The van der Waals surface area contributed by atoms with Gasteiger partial charge < -0.3 is 4.74 Å². The first-order valence-corrected chi connectivity index (χ1v) is 4.21. The normalized spacial score (nSPS) is 9.73. The predicted octanol–water partition coefficient (Wildman–Crippen LogP) is 1.01. The van der Waals surface area contributed by atoms with Crippen LogP contribution in [-0.2, 0) is 16.0 Å². The van der Waals surface area contributed by atoms with Crippen LogP contribution < -0.4 is 0 Å². The van der Waals surface area contributed by atoms with Gasteiger partial charge in [0.25, 0.3) is 5.69 Å². The van der Waals surface area contributed by atoms with Crippen LogP contribution in [0.4, 0.5) is 5.69 Å². The number of hydrogen-bond donors (Lipinski definition) is 0. The highest BCUT2D eigenvalue weighted by atomic mass is 16.6. The van der Waals surface area contributed by atoms with E-state index in [0.29, 0.717) is 11.3 Å². The third-order valence-corrected chi connectivity index (χ3v) is 1.89. The van der Waals surface area contributed by atoms with Crippen LogP contribution in [0.15, 0.2) is 12.3 Å². The number of hydrogen-bond acceptors (Lipinski definition) is 5. The lowest BCUT2D eigenvalue weighted by atomic mass is 10.2. The molecular formula is C9H10N2O4. The number of carbonyl (C=O) groups is 1. The molecule has 6 nitrogen and oxygen atoms in total. The summed E-state index contributed by atoms with van der Waals surface area (Å²) in [4.78, 5) is 24.7. The summed E-state index contributed by atoms with van der Waals surface area (Å²) in [5, 5.41) is 10.5. The average molecular weight is 210 g/mol. The molecule has 1 heterocycles. The third-order valence-electron chi connectivity index (χ3n) is 1.89. The summed E-state index contributed by atoms with van der Waals surface area (Å²) in [6.45, 7) is 1.60. The van der Waals surface area contributed by atoms with E-state index in [0.717, 1.165) is 6.20 Å². The number of aryl methyl sites for hydroxylation is 1.